The van der Waals surface area contributed by atoms with Gasteiger partial charge in [0.2, 0.25) is 5.91 Å². The molecule has 1 amide bonds. The fourth-order valence-corrected chi connectivity index (χ4v) is 2.06. The molecule has 0 spiro atoms. The van der Waals surface area contributed by atoms with Gasteiger partial charge in [0.25, 0.3) is 0 Å². The van der Waals surface area contributed by atoms with E-state index in [-0.39, 0.29) is 12.2 Å². The van der Waals surface area contributed by atoms with E-state index in [0.29, 0.717) is 12.2 Å². The molecule has 1 unspecified atom stereocenters. The van der Waals surface area contributed by atoms with Gasteiger partial charge in [-0.25, -0.2) is 0 Å². The lowest BCUT2D eigenvalue weighted by molar-refractivity contribution is -0.141. The van der Waals surface area contributed by atoms with Gasteiger partial charge < -0.3 is 15.5 Å². The predicted molar refractivity (Wildman–Crippen MR) is 86.1 cm³/mol. The van der Waals surface area contributed by atoms with Gasteiger partial charge in [0.15, 0.2) is 0 Å². The maximum atomic E-state index is 12.0. The number of anilines is 1. The van der Waals surface area contributed by atoms with Crippen LogP contribution >= 0.6 is 0 Å². The van der Waals surface area contributed by atoms with Gasteiger partial charge in [0.1, 0.15) is 11.8 Å². The summed E-state index contributed by atoms with van der Waals surface area (Å²) in [5.74, 6) is -1.50. The third-order valence-electron chi connectivity index (χ3n) is 3.21. The molecule has 6 nitrogen and oxygen atoms in total. The van der Waals surface area contributed by atoms with E-state index >= 15 is 0 Å². The summed E-state index contributed by atoms with van der Waals surface area (Å²) in [4.78, 5) is 23.2. The molecule has 6 heteroatoms. The number of aromatic hydroxyl groups is 1. The van der Waals surface area contributed by atoms with E-state index < -0.39 is 17.9 Å². The molecular weight excluding hydrogens is 296 g/mol. The fraction of sp³-hybridized carbons (Fsp3) is 0.176. The maximum absolute atomic E-state index is 12.0. The van der Waals surface area contributed by atoms with Gasteiger partial charge in [-0.3, -0.25) is 14.9 Å². The van der Waals surface area contributed by atoms with Crippen LogP contribution in [0.2, 0.25) is 0 Å². The van der Waals surface area contributed by atoms with Crippen molar-refractivity contribution in [3.8, 4) is 5.75 Å². The van der Waals surface area contributed by atoms with Crippen molar-refractivity contribution in [3.63, 3.8) is 0 Å². The summed E-state index contributed by atoms with van der Waals surface area (Å²) in [6, 6.07) is 14.4. The van der Waals surface area contributed by atoms with Crippen LogP contribution in [0.15, 0.2) is 54.6 Å². The highest BCUT2D eigenvalue weighted by atomic mass is 16.4. The summed E-state index contributed by atoms with van der Waals surface area (Å²) in [6.07, 6.45) is -0.210. The van der Waals surface area contributed by atoms with E-state index in [2.05, 4.69) is 10.6 Å². The zero-order valence-electron chi connectivity index (χ0n) is 12.4. The lowest BCUT2D eigenvalue weighted by Crippen LogP contribution is -2.39. The van der Waals surface area contributed by atoms with E-state index in [1.54, 1.807) is 12.1 Å². The van der Waals surface area contributed by atoms with Crippen molar-refractivity contribution < 1.29 is 19.8 Å². The van der Waals surface area contributed by atoms with Crippen LogP contribution < -0.4 is 10.6 Å². The minimum atomic E-state index is -1.09. The zero-order chi connectivity index (χ0) is 16.7. The summed E-state index contributed by atoms with van der Waals surface area (Å²) in [5.41, 5.74) is 1.36. The highest BCUT2D eigenvalue weighted by Gasteiger charge is 2.20. The van der Waals surface area contributed by atoms with Crippen molar-refractivity contribution in [1.29, 1.82) is 0 Å². The zero-order valence-corrected chi connectivity index (χ0v) is 12.4. The van der Waals surface area contributed by atoms with Crippen LogP contribution in [0.5, 0.6) is 5.75 Å². The van der Waals surface area contributed by atoms with Gasteiger partial charge in [0.05, 0.1) is 6.42 Å². The fourth-order valence-electron chi connectivity index (χ4n) is 2.06. The summed E-state index contributed by atoms with van der Waals surface area (Å²) >= 11 is 0. The molecule has 0 saturated carbocycles. The molecule has 2 aromatic rings. The monoisotopic (exact) mass is 314 g/mol. The highest BCUT2D eigenvalue weighted by molar-refractivity contribution is 5.94. The lowest BCUT2D eigenvalue weighted by Gasteiger charge is -2.14. The van der Waals surface area contributed by atoms with Crippen LogP contribution in [0.1, 0.15) is 12.0 Å². The smallest absolute Gasteiger partial charge is 0.321 e. The molecule has 0 fully saturated rings. The van der Waals surface area contributed by atoms with Gasteiger partial charge in [-0.1, -0.05) is 36.4 Å². The van der Waals surface area contributed by atoms with Gasteiger partial charge in [-0.05, 0) is 17.7 Å². The van der Waals surface area contributed by atoms with Crippen molar-refractivity contribution in [1.82, 2.24) is 5.32 Å². The first kappa shape index (κ1) is 16.5. The Balaban J connectivity index is 1.91. The number of carbonyl (C=O) groups excluding carboxylic acids is 1. The molecule has 0 radical (unpaired) electrons. The van der Waals surface area contributed by atoms with Crippen molar-refractivity contribution in [3.05, 3.63) is 60.2 Å². The molecule has 0 heterocycles. The van der Waals surface area contributed by atoms with Crippen LogP contribution in [-0.2, 0) is 16.1 Å². The van der Waals surface area contributed by atoms with E-state index in [0.717, 1.165) is 5.56 Å². The Morgan fingerprint density at radius 2 is 1.78 bits per heavy atom. The lowest BCUT2D eigenvalue weighted by atomic mass is 10.1. The number of benzene rings is 2. The highest BCUT2D eigenvalue weighted by Crippen LogP contribution is 2.15. The molecule has 2 aromatic carbocycles. The number of amides is 1. The Labute approximate surface area is 133 Å². The molecule has 1 atom stereocenters. The first-order valence-electron chi connectivity index (χ1n) is 7.13. The molecule has 0 aliphatic heterocycles. The third kappa shape index (κ3) is 5.44. The minimum absolute atomic E-state index is 0.0276. The second kappa shape index (κ2) is 7.95. The first-order chi connectivity index (χ1) is 11.0. The van der Waals surface area contributed by atoms with E-state index in [9.17, 15) is 19.8 Å². The number of carboxylic acids is 1. The van der Waals surface area contributed by atoms with Crippen molar-refractivity contribution >= 4 is 17.6 Å². The van der Waals surface area contributed by atoms with Gasteiger partial charge in [-0.2, -0.15) is 0 Å². The van der Waals surface area contributed by atoms with Gasteiger partial charge >= 0.3 is 5.97 Å². The molecule has 23 heavy (non-hydrogen) atoms. The van der Waals surface area contributed by atoms with Crippen LogP contribution in [-0.4, -0.2) is 28.1 Å². The largest absolute Gasteiger partial charge is 0.508 e. The summed E-state index contributed by atoms with van der Waals surface area (Å²) in [7, 11) is 0. The van der Waals surface area contributed by atoms with Crippen LogP contribution in [0, 0.1) is 0 Å². The Bertz CT molecular complexity index is 673. The average molecular weight is 314 g/mol. The third-order valence-corrected chi connectivity index (χ3v) is 3.21. The molecule has 0 bridgehead atoms. The number of hydrogen-bond acceptors (Lipinski definition) is 4. The number of carbonyl (C=O) groups is 2. The van der Waals surface area contributed by atoms with E-state index in [1.165, 1.54) is 12.1 Å². The molecule has 0 aliphatic rings. The standard InChI is InChI=1S/C17H18N2O4/c20-14-8-4-7-13(9-14)19-16(21)10-15(17(22)23)18-11-12-5-2-1-3-6-12/h1-9,15,18,20H,10-11H2,(H,19,21)(H,22,23). The summed E-state index contributed by atoms with van der Waals surface area (Å²) in [5, 5.41) is 24.0. The van der Waals surface area contributed by atoms with Crippen LogP contribution in [0.25, 0.3) is 0 Å². The quantitative estimate of drug-likeness (QED) is 0.626. The summed E-state index contributed by atoms with van der Waals surface area (Å²) < 4.78 is 0. The van der Waals surface area contributed by atoms with E-state index in [4.69, 9.17) is 0 Å². The van der Waals surface area contributed by atoms with Gasteiger partial charge in [0, 0.05) is 18.3 Å². The number of carboxylic acid groups (broad SMARTS) is 1. The second-order valence-electron chi connectivity index (χ2n) is 5.06. The van der Waals surface area contributed by atoms with Crippen molar-refractivity contribution in [2.45, 2.75) is 19.0 Å². The second-order valence-corrected chi connectivity index (χ2v) is 5.06. The van der Waals surface area contributed by atoms with E-state index in [1.807, 2.05) is 30.3 Å². The first-order valence-corrected chi connectivity index (χ1v) is 7.13. The Kier molecular flexibility index (Phi) is 5.71. The van der Waals surface area contributed by atoms with Gasteiger partial charge in [-0.15, -0.1) is 0 Å². The van der Waals surface area contributed by atoms with Crippen LogP contribution in [0.4, 0.5) is 5.69 Å². The molecule has 0 aromatic heterocycles. The number of aliphatic carboxylic acids is 1. The number of nitrogens with one attached hydrogen (secondary N) is 2. The average Bonchev–Trinajstić information content (AvgIpc) is 2.52. The van der Waals surface area contributed by atoms with Crippen molar-refractivity contribution in [2.24, 2.45) is 0 Å². The van der Waals surface area contributed by atoms with Crippen molar-refractivity contribution in [2.75, 3.05) is 5.32 Å². The number of hydrogen-bond donors (Lipinski definition) is 4. The normalized spacial score (nSPS) is 11.7. The number of phenols is 1. The Morgan fingerprint density at radius 1 is 1.04 bits per heavy atom. The molecule has 2 rings (SSSR count). The number of phenolic OH excluding ortho intramolecular Hbond substituents is 1. The SMILES string of the molecule is O=C(CC(NCc1ccccc1)C(=O)O)Nc1cccc(O)c1. The molecule has 0 saturated heterocycles. The minimum Gasteiger partial charge on any atom is -0.508 e. The Hall–Kier alpha value is -2.86. The molecular formula is C17H18N2O4. The maximum Gasteiger partial charge on any atom is 0.321 e. The molecule has 0 aliphatic carbocycles. The Morgan fingerprint density at radius 3 is 2.43 bits per heavy atom. The number of rotatable bonds is 7. The van der Waals surface area contributed by atoms with Crippen LogP contribution in [0.3, 0.4) is 0 Å². The summed E-state index contributed by atoms with van der Waals surface area (Å²) in [6.45, 7) is 0.358. The topological polar surface area (TPSA) is 98.7 Å². The predicted octanol–water partition coefficient (Wildman–Crippen LogP) is 1.96. The molecule has 4 N–H and O–H groups in total. The molecule has 120 valence electrons.